The van der Waals surface area contributed by atoms with Gasteiger partial charge < -0.3 is 19.7 Å². The minimum absolute atomic E-state index is 0.0256. The molecule has 0 radical (unpaired) electrons. The van der Waals surface area contributed by atoms with E-state index in [2.05, 4.69) is 0 Å². The van der Waals surface area contributed by atoms with Gasteiger partial charge in [0.2, 0.25) is 0 Å². The van der Waals surface area contributed by atoms with E-state index < -0.39 is 17.5 Å². The summed E-state index contributed by atoms with van der Waals surface area (Å²) >= 11 is 0. The largest absolute Gasteiger partial charge is 0.504 e. The molecule has 1 heterocycles. The molecule has 0 amide bonds. The number of rotatable bonds is 1. The molecule has 3 N–H and O–H groups in total. The van der Waals surface area contributed by atoms with Gasteiger partial charge in [-0.05, 0) is 12.1 Å². The highest BCUT2D eigenvalue weighted by molar-refractivity contribution is 5.99. The van der Waals surface area contributed by atoms with Crippen LogP contribution < -0.4 is 0 Å². The number of hydrogen-bond acceptors (Lipinski definition) is 4. The number of carboxylic acids is 1. The van der Waals surface area contributed by atoms with Crippen molar-refractivity contribution < 1.29 is 24.5 Å². The normalized spacial score (nSPS) is 10.6. The Hall–Kier alpha value is -2.17. The van der Waals surface area contributed by atoms with Crippen LogP contribution in [0.15, 0.2) is 22.6 Å². The Morgan fingerprint density at radius 3 is 2.57 bits per heavy atom. The number of fused-ring (bicyclic) bond motifs is 1. The first kappa shape index (κ1) is 8.43. The molecule has 0 aliphatic heterocycles. The van der Waals surface area contributed by atoms with Crippen molar-refractivity contribution in [3.05, 3.63) is 24.0 Å². The van der Waals surface area contributed by atoms with Crippen LogP contribution in [-0.2, 0) is 0 Å². The Labute approximate surface area is 77.8 Å². The first-order chi connectivity index (χ1) is 6.61. The Kier molecular flexibility index (Phi) is 1.60. The lowest BCUT2D eigenvalue weighted by Gasteiger charge is -1.90. The van der Waals surface area contributed by atoms with Crippen molar-refractivity contribution in [2.75, 3.05) is 0 Å². The summed E-state index contributed by atoms with van der Waals surface area (Å²) in [4.78, 5) is 10.6. The van der Waals surface area contributed by atoms with Crippen LogP contribution in [0.2, 0.25) is 0 Å². The number of hydrogen-bond donors (Lipinski definition) is 3. The molecule has 0 atom stereocenters. The van der Waals surface area contributed by atoms with Gasteiger partial charge in [0.25, 0.3) is 5.76 Å². The van der Waals surface area contributed by atoms with Gasteiger partial charge in [0.05, 0.1) is 5.39 Å². The molecule has 5 heteroatoms. The summed E-state index contributed by atoms with van der Waals surface area (Å²) in [5.74, 6) is -2.62. The molecule has 0 saturated heterocycles. The quantitative estimate of drug-likeness (QED) is 0.640. The number of furan rings is 1. The molecule has 0 fully saturated rings. The number of benzene rings is 1. The summed E-state index contributed by atoms with van der Waals surface area (Å²) in [5.41, 5.74) is -0.0256. The van der Waals surface area contributed by atoms with E-state index in [0.717, 1.165) is 0 Å². The van der Waals surface area contributed by atoms with Gasteiger partial charge in [-0.2, -0.15) is 0 Å². The van der Waals surface area contributed by atoms with Crippen LogP contribution in [0.4, 0.5) is 0 Å². The van der Waals surface area contributed by atoms with Crippen LogP contribution in [0.1, 0.15) is 10.6 Å². The first-order valence-electron chi connectivity index (χ1n) is 3.78. The average molecular weight is 194 g/mol. The Morgan fingerprint density at radius 2 is 2.00 bits per heavy atom. The van der Waals surface area contributed by atoms with Crippen molar-refractivity contribution in [3.63, 3.8) is 0 Å². The molecular weight excluding hydrogens is 188 g/mol. The van der Waals surface area contributed by atoms with Crippen LogP contribution in [-0.4, -0.2) is 21.3 Å². The minimum atomic E-state index is -1.38. The van der Waals surface area contributed by atoms with Crippen LogP contribution in [0, 0.1) is 0 Å². The molecule has 0 bridgehead atoms. The summed E-state index contributed by atoms with van der Waals surface area (Å²) in [6.45, 7) is 0. The van der Waals surface area contributed by atoms with Crippen molar-refractivity contribution in [1.29, 1.82) is 0 Å². The third kappa shape index (κ3) is 0.990. The molecule has 1 aromatic carbocycles. The van der Waals surface area contributed by atoms with E-state index >= 15 is 0 Å². The van der Waals surface area contributed by atoms with Crippen molar-refractivity contribution in [3.8, 4) is 11.5 Å². The van der Waals surface area contributed by atoms with Gasteiger partial charge in [0.15, 0.2) is 17.1 Å². The number of phenolic OH excluding ortho intramolecular Hbond substituents is 1. The van der Waals surface area contributed by atoms with E-state index in [0.29, 0.717) is 0 Å². The fourth-order valence-corrected chi connectivity index (χ4v) is 1.24. The van der Waals surface area contributed by atoms with Gasteiger partial charge in [0.1, 0.15) is 0 Å². The lowest BCUT2D eigenvalue weighted by Crippen LogP contribution is -1.92. The van der Waals surface area contributed by atoms with Crippen LogP contribution in [0.25, 0.3) is 11.0 Å². The third-order valence-electron chi connectivity index (χ3n) is 1.86. The molecular formula is C9H6O5. The highest BCUT2D eigenvalue weighted by Crippen LogP contribution is 2.36. The van der Waals surface area contributed by atoms with E-state index in [1.54, 1.807) is 0 Å². The predicted molar refractivity (Wildman–Crippen MR) is 46.5 cm³/mol. The van der Waals surface area contributed by atoms with Crippen LogP contribution >= 0.6 is 0 Å². The monoisotopic (exact) mass is 194 g/mol. The van der Waals surface area contributed by atoms with Gasteiger partial charge in [-0.1, -0.05) is 6.07 Å². The maximum atomic E-state index is 10.6. The smallest absolute Gasteiger partial charge is 0.375 e. The second kappa shape index (κ2) is 2.66. The lowest BCUT2D eigenvalue weighted by atomic mass is 10.2. The molecule has 0 aliphatic carbocycles. The molecule has 2 rings (SSSR count). The summed E-state index contributed by atoms with van der Waals surface area (Å²) in [7, 11) is 0. The average Bonchev–Trinajstić information content (AvgIpc) is 2.46. The fourth-order valence-electron chi connectivity index (χ4n) is 1.24. The maximum absolute atomic E-state index is 10.6. The van der Waals surface area contributed by atoms with Crippen molar-refractivity contribution >= 4 is 16.9 Å². The van der Waals surface area contributed by atoms with Gasteiger partial charge in [-0.15, -0.1) is 0 Å². The highest BCUT2D eigenvalue weighted by Gasteiger charge is 2.20. The maximum Gasteiger partial charge on any atom is 0.375 e. The van der Waals surface area contributed by atoms with Gasteiger partial charge in [-0.3, -0.25) is 0 Å². The highest BCUT2D eigenvalue weighted by atomic mass is 16.4. The lowest BCUT2D eigenvalue weighted by molar-refractivity contribution is 0.0660. The Bertz CT molecular complexity index is 511. The SMILES string of the molecule is O=C(O)c1oc2c(O)cccc2c1O. The Morgan fingerprint density at radius 1 is 1.29 bits per heavy atom. The zero-order valence-electron chi connectivity index (χ0n) is 6.89. The van der Waals surface area contributed by atoms with E-state index in [9.17, 15) is 15.0 Å². The van der Waals surface area contributed by atoms with Crippen LogP contribution in [0.3, 0.4) is 0 Å². The standard InChI is InChI=1S/C9H6O5/c10-5-3-1-2-4-6(11)8(9(12)13)14-7(4)5/h1-3,10-11H,(H,12,13). The number of aromatic hydroxyl groups is 2. The molecule has 2 aromatic rings. The van der Waals surface area contributed by atoms with Crippen molar-refractivity contribution in [2.45, 2.75) is 0 Å². The van der Waals surface area contributed by atoms with E-state index in [-0.39, 0.29) is 16.7 Å². The first-order valence-corrected chi connectivity index (χ1v) is 3.78. The molecule has 0 spiro atoms. The molecule has 0 aliphatic rings. The molecule has 0 unspecified atom stereocenters. The number of para-hydroxylation sites is 1. The second-order valence-electron chi connectivity index (χ2n) is 2.74. The van der Waals surface area contributed by atoms with Gasteiger partial charge >= 0.3 is 5.97 Å². The number of carboxylic acid groups (broad SMARTS) is 1. The molecule has 14 heavy (non-hydrogen) atoms. The van der Waals surface area contributed by atoms with Crippen LogP contribution in [0.5, 0.6) is 11.5 Å². The summed E-state index contributed by atoms with van der Waals surface area (Å²) < 4.78 is 4.79. The summed E-state index contributed by atoms with van der Waals surface area (Å²) in [6.07, 6.45) is 0. The fraction of sp³-hybridized carbons (Fsp3) is 0. The van der Waals surface area contributed by atoms with Crippen molar-refractivity contribution in [1.82, 2.24) is 0 Å². The second-order valence-corrected chi connectivity index (χ2v) is 2.74. The minimum Gasteiger partial charge on any atom is -0.504 e. The molecule has 0 saturated carbocycles. The van der Waals surface area contributed by atoms with Crippen molar-refractivity contribution in [2.24, 2.45) is 0 Å². The topological polar surface area (TPSA) is 90.9 Å². The zero-order valence-corrected chi connectivity index (χ0v) is 6.89. The zero-order chi connectivity index (χ0) is 10.3. The third-order valence-corrected chi connectivity index (χ3v) is 1.86. The number of carbonyl (C=O) groups is 1. The Balaban J connectivity index is 2.86. The molecule has 1 aromatic heterocycles. The van der Waals surface area contributed by atoms with E-state index in [1.807, 2.05) is 0 Å². The molecule has 72 valence electrons. The molecule has 5 nitrogen and oxygen atoms in total. The van der Waals surface area contributed by atoms with E-state index in [4.69, 9.17) is 9.52 Å². The van der Waals surface area contributed by atoms with Gasteiger partial charge in [0, 0.05) is 0 Å². The predicted octanol–water partition coefficient (Wildman–Crippen LogP) is 1.54. The summed E-state index contributed by atoms with van der Waals surface area (Å²) in [5, 5.41) is 27.5. The van der Waals surface area contributed by atoms with Gasteiger partial charge in [-0.25, -0.2) is 4.79 Å². The van der Waals surface area contributed by atoms with E-state index in [1.165, 1.54) is 18.2 Å². The number of phenols is 1. The summed E-state index contributed by atoms with van der Waals surface area (Å²) in [6, 6.07) is 4.29. The number of aromatic carboxylic acids is 1.